The zero-order valence-electron chi connectivity index (χ0n) is 13.7. The highest BCUT2D eigenvalue weighted by Gasteiger charge is 2.21. The van der Waals surface area contributed by atoms with Gasteiger partial charge in [0.25, 0.3) is 0 Å². The van der Waals surface area contributed by atoms with Crippen molar-refractivity contribution in [2.75, 3.05) is 0 Å². The molecule has 2 aromatic rings. The Kier molecular flexibility index (Phi) is 5.69. The molecule has 1 heterocycles. The Balaban J connectivity index is 2.53. The summed E-state index contributed by atoms with van der Waals surface area (Å²) >= 11 is 6.41. The molecule has 0 amide bonds. The van der Waals surface area contributed by atoms with Crippen LogP contribution in [-0.4, -0.2) is 9.55 Å². The van der Waals surface area contributed by atoms with Crippen molar-refractivity contribution in [3.8, 4) is 0 Å². The van der Waals surface area contributed by atoms with E-state index in [-0.39, 0.29) is 5.38 Å². The molecule has 0 saturated heterocycles. The van der Waals surface area contributed by atoms with Crippen molar-refractivity contribution in [3.63, 3.8) is 0 Å². The number of alkyl halides is 1. The summed E-state index contributed by atoms with van der Waals surface area (Å²) in [5.74, 6) is 1.02. The van der Waals surface area contributed by atoms with Crippen LogP contribution in [0.15, 0.2) is 18.2 Å². The minimum absolute atomic E-state index is 0.0568. The first-order valence-corrected chi connectivity index (χ1v) is 8.64. The number of unbranched alkanes of at least 4 members (excludes halogenated alkanes) is 1. The van der Waals surface area contributed by atoms with E-state index < -0.39 is 0 Å². The van der Waals surface area contributed by atoms with E-state index >= 15 is 0 Å². The van der Waals surface area contributed by atoms with E-state index in [1.54, 1.807) is 0 Å². The molecule has 21 heavy (non-hydrogen) atoms. The van der Waals surface area contributed by atoms with E-state index in [1.165, 1.54) is 43.2 Å². The minimum atomic E-state index is -0.0568. The van der Waals surface area contributed by atoms with Crippen molar-refractivity contribution in [2.24, 2.45) is 0 Å². The van der Waals surface area contributed by atoms with Crippen LogP contribution in [0.3, 0.4) is 0 Å². The average Bonchev–Trinajstić information content (AvgIpc) is 2.82. The number of aryl methyl sites for hydroxylation is 1. The van der Waals surface area contributed by atoms with Gasteiger partial charge in [0.15, 0.2) is 0 Å². The average molecular weight is 307 g/mol. The highest BCUT2D eigenvalue weighted by molar-refractivity contribution is 6.20. The molecule has 0 spiro atoms. The summed E-state index contributed by atoms with van der Waals surface area (Å²) in [7, 11) is 0. The summed E-state index contributed by atoms with van der Waals surface area (Å²) in [4.78, 5) is 4.82. The molecule has 2 rings (SSSR count). The number of hydrogen-bond acceptors (Lipinski definition) is 1. The Labute approximate surface area is 133 Å². The molecule has 1 aromatic heterocycles. The van der Waals surface area contributed by atoms with Gasteiger partial charge in [-0.1, -0.05) is 39.2 Å². The normalized spacial score (nSPS) is 14.5. The van der Waals surface area contributed by atoms with Gasteiger partial charge in [0.1, 0.15) is 5.82 Å². The first-order chi connectivity index (χ1) is 10.1. The van der Waals surface area contributed by atoms with Crippen LogP contribution in [0.1, 0.15) is 75.7 Å². The van der Waals surface area contributed by atoms with Crippen molar-refractivity contribution in [3.05, 3.63) is 29.6 Å². The van der Waals surface area contributed by atoms with Gasteiger partial charge in [-0.25, -0.2) is 4.98 Å². The Morgan fingerprint density at radius 3 is 2.57 bits per heavy atom. The van der Waals surface area contributed by atoms with Crippen LogP contribution in [-0.2, 0) is 0 Å². The maximum absolute atomic E-state index is 6.41. The predicted molar refractivity (Wildman–Crippen MR) is 92.2 cm³/mol. The highest BCUT2D eigenvalue weighted by atomic mass is 35.5. The summed E-state index contributed by atoms with van der Waals surface area (Å²) in [5, 5.41) is -0.0568. The largest absolute Gasteiger partial charge is 0.324 e. The van der Waals surface area contributed by atoms with Crippen LogP contribution in [0.4, 0.5) is 0 Å². The number of aromatic nitrogens is 2. The van der Waals surface area contributed by atoms with Crippen LogP contribution in [0.25, 0.3) is 11.0 Å². The van der Waals surface area contributed by atoms with Crippen LogP contribution >= 0.6 is 11.6 Å². The molecule has 0 N–H and O–H groups in total. The Morgan fingerprint density at radius 2 is 1.95 bits per heavy atom. The third-order valence-corrected chi connectivity index (χ3v) is 4.30. The summed E-state index contributed by atoms with van der Waals surface area (Å²) in [6.07, 6.45) is 6.08. The van der Waals surface area contributed by atoms with Gasteiger partial charge < -0.3 is 4.57 Å². The number of nitrogens with zero attached hydrogens (tertiary/aromatic N) is 2. The number of imidazole rings is 1. The van der Waals surface area contributed by atoms with Crippen molar-refractivity contribution in [1.82, 2.24) is 9.55 Å². The molecule has 0 radical (unpaired) electrons. The third kappa shape index (κ3) is 3.60. The number of benzene rings is 1. The van der Waals surface area contributed by atoms with Gasteiger partial charge in [0.05, 0.1) is 16.4 Å². The van der Waals surface area contributed by atoms with E-state index in [0.717, 1.165) is 11.3 Å². The number of hydrogen-bond donors (Lipinski definition) is 0. The minimum Gasteiger partial charge on any atom is -0.324 e. The third-order valence-electron chi connectivity index (χ3n) is 4.11. The molecule has 2 unspecified atom stereocenters. The SMILES string of the molecule is CCCCC(CCC)n1c(C(C)Cl)nc2cc(C)ccc21. The molecule has 116 valence electrons. The van der Waals surface area contributed by atoms with Crippen LogP contribution < -0.4 is 0 Å². The maximum Gasteiger partial charge on any atom is 0.127 e. The lowest BCUT2D eigenvalue weighted by Crippen LogP contribution is -2.13. The second-order valence-corrected chi connectivity index (χ2v) is 6.69. The zero-order chi connectivity index (χ0) is 15.4. The Hall–Kier alpha value is -1.02. The molecular formula is C18H27ClN2. The van der Waals surface area contributed by atoms with E-state index in [0.29, 0.717) is 6.04 Å². The van der Waals surface area contributed by atoms with Gasteiger partial charge in [-0.05, 0) is 44.4 Å². The summed E-state index contributed by atoms with van der Waals surface area (Å²) in [5.41, 5.74) is 3.56. The topological polar surface area (TPSA) is 17.8 Å². The van der Waals surface area contributed by atoms with Crippen LogP contribution in [0, 0.1) is 6.92 Å². The fourth-order valence-corrected chi connectivity index (χ4v) is 3.22. The van der Waals surface area contributed by atoms with Crippen molar-refractivity contribution in [1.29, 1.82) is 0 Å². The van der Waals surface area contributed by atoms with Gasteiger partial charge >= 0.3 is 0 Å². The quantitative estimate of drug-likeness (QED) is 0.559. The van der Waals surface area contributed by atoms with E-state index in [1.807, 2.05) is 6.92 Å². The molecule has 0 bridgehead atoms. The standard InChI is InChI=1S/C18H27ClN2/c1-5-7-9-15(8-6-2)21-17-11-10-13(3)12-16(17)20-18(21)14(4)19/h10-12,14-15H,5-9H2,1-4H3. The molecular weight excluding hydrogens is 280 g/mol. The Morgan fingerprint density at radius 1 is 1.19 bits per heavy atom. The second-order valence-electron chi connectivity index (χ2n) is 6.03. The van der Waals surface area contributed by atoms with Gasteiger partial charge in [-0.15, -0.1) is 11.6 Å². The summed E-state index contributed by atoms with van der Waals surface area (Å²) in [6, 6.07) is 7.05. The first kappa shape index (κ1) is 16.4. The Bertz CT molecular complexity index is 586. The number of halogens is 1. The van der Waals surface area contributed by atoms with E-state index in [2.05, 4.69) is 43.5 Å². The van der Waals surface area contributed by atoms with Gasteiger partial charge in [-0.3, -0.25) is 0 Å². The molecule has 0 fully saturated rings. The molecule has 1 aromatic carbocycles. The molecule has 0 aliphatic heterocycles. The summed E-state index contributed by atoms with van der Waals surface area (Å²) < 4.78 is 2.41. The highest BCUT2D eigenvalue weighted by Crippen LogP contribution is 2.32. The van der Waals surface area contributed by atoms with E-state index in [4.69, 9.17) is 16.6 Å². The monoisotopic (exact) mass is 306 g/mol. The molecule has 2 atom stereocenters. The lowest BCUT2D eigenvalue weighted by Gasteiger charge is -2.22. The van der Waals surface area contributed by atoms with Gasteiger partial charge in [0, 0.05) is 6.04 Å². The zero-order valence-corrected chi connectivity index (χ0v) is 14.5. The number of fused-ring (bicyclic) bond motifs is 1. The van der Waals surface area contributed by atoms with Crippen molar-refractivity contribution >= 4 is 22.6 Å². The summed E-state index contributed by atoms with van der Waals surface area (Å²) in [6.45, 7) is 8.65. The molecule has 0 saturated carbocycles. The van der Waals surface area contributed by atoms with Crippen LogP contribution in [0.5, 0.6) is 0 Å². The lowest BCUT2D eigenvalue weighted by atomic mass is 10.0. The predicted octanol–water partition coefficient (Wildman–Crippen LogP) is 6.18. The fraction of sp³-hybridized carbons (Fsp3) is 0.611. The molecule has 3 heteroatoms. The maximum atomic E-state index is 6.41. The number of rotatable bonds is 7. The van der Waals surface area contributed by atoms with Gasteiger partial charge in [-0.2, -0.15) is 0 Å². The van der Waals surface area contributed by atoms with Crippen LogP contribution in [0.2, 0.25) is 0 Å². The van der Waals surface area contributed by atoms with Crippen molar-refractivity contribution in [2.45, 2.75) is 71.2 Å². The molecule has 2 nitrogen and oxygen atoms in total. The molecule has 0 aliphatic rings. The first-order valence-electron chi connectivity index (χ1n) is 8.21. The van der Waals surface area contributed by atoms with Crippen molar-refractivity contribution < 1.29 is 0 Å². The van der Waals surface area contributed by atoms with Gasteiger partial charge in [0.2, 0.25) is 0 Å². The lowest BCUT2D eigenvalue weighted by molar-refractivity contribution is 0.414. The smallest absolute Gasteiger partial charge is 0.127 e. The fourth-order valence-electron chi connectivity index (χ4n) is 3.07. The second kappa shape index (κ2) is 7.31. The van der Waals surface area contributed by atoms with E-state index in [9.17, 15) is 0 Å². The molecule has 0 aliphatic carbocycles.